The van der Waals surface area contributed by atoms with Gasteiger partial charge in [0.25, 0.3) is 0 Å². The minimum absolute atomic E-state index is 0.316. The molecule has 0 amide bonds. The minimum atomic E-state index is -0.407. The van der Waals surface area contributed by atoms with Crippen LogP contribution in [-0.4, -0.2) is 4.98 Å². The molecule has 2 aromatic rings. The fourth-order valence-corrected chi connectivity index (χ4v) is 1.53. The third kappa shape index (κ3) is 2.06. The number of aryl methyl sites for hydroxylation is 1. The molecule has 2 rings (SSSR count). The van der Waals surface area contributed by atoms with Gasteiger partial charge >= 0.3 is 0 Å². The van der Waals surface area contributed by atoms with E-state index in [-0.39, 0.29) is 0 Å². The number of halogens is 1. The molecule has 0 spiro atoms. The Hall–Kier alpha value is -2.21. The zero-order valence-corrected chi connectivity index (χ0v) is 8.74. The quantitative estimate of drug-likeness (QED) is 0.728. The van der Waals surface area contributed by atoms with Gasteiger partial charge in [-0.3, -0.25) is 4.98 Å². The Morgan fingerprint density at radius 2 is 1.94 bits per heavy atom. The van der Waals surface area contributed by atoms with Gasteiger partial charge in [-0.1, -0.05) is 0 Å². The summed E-state index contributed by atoms with van der Waals surface area (Å²) in [5.41, 5.74) is 2.81. The summed E-state index contributed by atoms with van der Waals surface area (Å²) in [6.07, 6.45) is 3.39. The summed E-state index contributed by atoms with van der Waals surface area (Å²) in [4.78, 5) is 4.04. The number of aromatic nitrogens is 1. The van der Waals surface area contributed by atoms with Gasteiger partial charge < -0.3 is 0 Å². The molecule has 1 aromatic carbocycles. The van der Waals surface area contributed by atoms with E-state index in [1.165, 1.54) is 12.1 Å². The lowest BCUT2D eigenvalue weighted by Gasteiger charge is -2.03. The van der Waals surface area contributed by atoms with E-state index in [1.807, 2.05) is 19.1 Å². The van der Waals surface area contributed by atoms with Crippen molar-refractivity contribution in [3.05, 3.63) is 53.6 Å². The Labute approximate surface area is 93.0 Å². The molecule has 1 aromatic heterocycles. The summed E-state index contributed by atoms with van der Waals surface area (Å²) in [5, 5.41) is 8.76. The largest absolute Gasteiger partial charge is 0.264 e. The molecule has 0 fully saturated rings. The van der Waals surface area contributed by atoms with E-state index in [2.05, 4.69) is 4.98 Å². The maximum Gasteiger partial charge on any atom is 0.125 e. The Bertz CT molecular complexity index is 570. The van der Waals surface area contributed by atoms with Crippen molar-refractivity contribution in [1.82, 2.24) is 4.98 Å². The maximum atomic E-state index is 13.2. The SMILES string of the molecule is Cc1cncc(-c2cc(F)cc(C#N)c2)c1. The molecular formula is C13H9FN2. The van der Waals surface area contributed by atoms with E-state index in [0.717, 1.165) is 11.1 Å². The number of nitriles is 1. The van der Waals surface area contributed by atoms with Gasteiger partial charge in [0.2, 0.25) is 0 Å². The molecule has 0 saturated carbocycles. The lowest BCUT2D eigenvalue weighted by atomic mass is 10.0. The van der Waals surface area contributed by atoms with Gasteiger partial charge in [0.05, 0.1) is 11.6 Å². The summed E-state index contributed by atoms with van der Waals surface area (Å²) in [5.74, 6) is -0.407. The van der Waals surface area contributed by atoms with Gasteiger partial charge in [-0.05, 0) is 42.3 Å². The van der Waals surface area contributed by atoms with Crippen LogP contribution in [0.4, 0.5) is 4.39 Å². The number of pyridine rings is 1. The lowest BCUT2D eigenvalue weighted by Crippen LogP contribution is -1.86. The number of nitrogens with zero attached hydrogens (tertiary/aromatic N) is 2. The molecular weight excluding hydrogens is 203 g/mol. The molecule has 0 aliphatic rings. The Kier molecular flexibility index (Phi) is 2.65. The monoisotopic (exact) mass is 212 g/mol. The van der Waals surface area contributed by atoms with Gasteiger partial charge in [0.1, 0.15) is 5.82 Å². The van der Waals surface area contributed by atoms with E-state index in [1.54, 1.807) is 18.5 Å². The van der Waals surface area contributed by atoms with Gasteiger partial charge in [-0.25, -0.2) is 4.39 Å². The van der Waals surface area contributed by atoms with Gasteiger partial charge in [-0.2, -0.15) is 5.26 Å². The second-order valence-corrected chi connectivity index (χ2v) is 3.59. The van der Waals surface area contributed by atoms with Crippen LogP contribution in [0.1, 0.15) is 11.1 Å². The average Bonchev–Trinajstić information content (AvgIpc) is 2.28. The Morgan fingerprint density at radius 1 is 1.12 bits per heavy atom. The number of hydrogen-bond acceptors (Lipinski definition) is 2. The molecule has 0 radical (unpaired) electrons. The fraction of sp³-hybridized carbons (Fsp3) is 0.0769. The van der Waals surface area contributed by atoms with E-state index in [4.69, 9.17) is 5.26 Å². The zero-order chi connectivity index (χ0) is 11.5. The zero-order valence-electron chi connectivity index (χ0n) is 8.74. The highest BCUT2D eigenvalue weighted by Crippen LogP contribution is 2.21. The van der Waals surface area contributed by atoms with Crippen LogP contribution in [0.5, 0.6) is 0 Å². The molecule has 0 aliphatic carbocycles. The van der Waals surface area contributed by atoms with E-state index >= 15 is 0 Å². The first kappa shape index (κ1) is 10.3. The number of hydrogen-bond donors (Lipinski definition) is 0. The van der Waals surface area contributed by atoms with Gasteiger partial charge in [0, 0.05) is 18.0 Å². The van der Waals surface area contributed by atoms with Crippen molar-refractivity contribution in [1.29, 1.82) is 5.26 Å². The first-order valence-electron chi connectivity index (χ1n) is 4.82. The minimum Gasteiger partial charge on any atom is -0.264 e. The van der Waals surface area contributed by atoms with E-state index < -0.39 is 5.82 Å². The van der Waals surface area contributed by atoms with E-state index in [9.17, 15) is 4.39 Å². The third-order valence-electron chi connectivity index (χ3n) is 2.24. The van der Waals surface area contributed by atoms with Crippen molar-refractivity contribution in [3.8, 4) is 17.2 Å². The maximum absolute atomic E-state index is 13.2. The molecule has 1 heterocycles. The summed E-state index contributed by atoms with van der Waals surface area (Å²) in [6.45, 7) is 1.92. The Morgan fingerprint density at radius 3 is 2.62 bits per heavy atom. The highest BCUT2D eigenvalue weighted by Gasteiger charge is 2.03. The molecule has 0 atom stereocenters. The molecule has 0 N–H and O–H groups in total. The molecule has 0 bridgehead atoms. The lowest BCUT2D eigenvalue weighted by molar-refractivity contribution is 0.628. The predicted molar refractivity (Wildman–Crippen MR) is 59.1 cm³/mol. The number of benzene rings is 1. The van der Waals surface area contributed by atoms with Crippen LogP contribution in [0.3, 0.4) is 0 Å². The smallest absolute Gasteiger partial charge is 0.125 e. The fourth-order valence-electron chi connectivity index (χ4n) is 1.53. The van der Waals surface area contributed by atoms with Crippen molar-refractivity contribution >= 4 is 0 Å². The van der Waals surface area contributed by atoms with Crippen molar-refractivity contribution in [2.24, 2.45) is 0 Å². The summed E-state index contributed by atoms with van der Waals surface area (Å²) in [6, 6.07) is 8.11. The topological polar surface area (TPSA) is 36.7 Å². The van der Waals surface area contributed by atoms with Crippen molar-refractivity contribution in [2.45, 2.75) is 6.92 Å². The molecule has 3 heteroatoms. The normalized spacial score (nSPS) is 9.81. The average molecular weight is 212 g/mol. The highest BCUT2D eigenvalue weighted by atomic mass is 19.1. The van der Waals surface area contributed by atoms with Crippen LogP contribution in [-0.2, 0) is 0 Å². The van der Waals surface area contributed by atoms with Gasteiger partial charge in [-0.15, -0.1) is 0 Å². The number of rotatable bonds is 1. The van der Waals surface area contributed by atoms with Crippen molar-refractivity contribution < 1.29 is 4.39 Å². The Balaban J connectivity index is 2.56. The van der Waals surface area contributed by atoms with Crippen LogP contribution in [0.2, 0.25) is 0 Å². The highest BCUT2D eigenvalue weighted by molar-refractivity contribution is 5.65. The van der Waals surface area contributed by atoms with Crippen molar-refractivity contribution in [2.75, 3.05) is 0 Å². The summed E-state index contributed by atoms with van der Waals surface area (Å²) in [7, 11) is 0. The summed E-state index contributed by atoms with van der Waals surface area (Å²) < 4.78 is 13.2. The second kappa shape index (κ2) is 4.11. The molecule has 0 saturated heterocycles. The molecule has 2 nitrogen and oxygen atoms in total. The van der Waals surface area contributed by atoms with Crippen molar-refractivity contribution in [3.63, 3.8) is 0 Å². The standard InChI is InChI=1S/C13H9FN2/c1-9-2-12(8-16-7-9)11-3-10(6-15)4-13(14)5-11/h2-5,7-8H,1H3. The first-order chi connectivity index (χ1) is 7.69. The molecule has 0 unspecified atom stereocenters. The van der Waals surface area contributed by atoms with Gasteiger partial charge in [0.15, 0.2) is 0 Å². The molecule has 78 valence electrons. The van der Waals surface area contributed by atoms with E-state index in [0.29, 0.717) is 11.1 Å². The second-order valence-electron chi connectivity index (χ2n) is 3.59. The molecule has 0 aliphatic heterocycles. The van der Waals surface area contributed by atoms with Crippen LogP contribution >= 0.6 is 0 Å². The predicted octanol–water partition coefficient (Wildman–Crippen LogP) is 3.07. The summed E-state index contributed by atoms with van der Waals surface area (Å²) >= 11 is 0. The van der Waals surface area contributed by atoms with Crippen LogP contribution in [0.15, 0.2) is 36.7 Å². The van der Waals surface area contributed by atoms with Crippen LogP contribution < -0.4 is 0 Å². The van der Waals surface area contributed by atoms with Crippen LogP contribution in [0, 0.1) is 24.1 Å². The first-order valence-corrected chi connectivity index (χ1v) is 4.82. The van der Waals surface area contributed by atoms with Crippen LogP contribution in [0.25, 0.3) is 11.1 Å². The third-order valence-corrected chi connectivity index (χ3v) is 2.24. The molecule has 16 heavy (non-hydrogen) atoms.